The summed E-state index contributed by atoms with van der Waals surface area (Å²) >= 11 is 13.0. The first kappa shape index (κ1) is 33.2. The summed E-state index contributed by atoms with van der Waals surface area (Å²) in [5.74, 6) is -2.36. The maximum Gasteiger partial charge on any atom is 0.328 e. The molecule has 0 bridgehead atoms. The highest BCUT2D eigenvalue weighted by molar-refractivity contribution is 6.40. The summed E-state index contributed by atoms with van der Waals surface area (Å²) in [6, 6.07) is 0.0960. The molecule has 14 heteroatoms. The van der Waals surface area contributed by atoms with E-state index in [4.69, 9.17) is 28.5 Å². The second kappa shape index (κ2) is 15.2. The molecule has 1 fully saturated rings. The molecule has 0 aromatic heterocycles. The molecule has 2 atom stereocenters. The number of nitrogens with zero attached hydrogens (tertiary/aromatic N) is 4. The minimum atomic E-state index is -1.43. The highest BCUT2D eigenvalue weighted by Gasteiger charge is 2.30. The molecule has 0 unspecified atom stereocenters. The predicted octanol–water partition coefficient (Wildman–Crippen LogP) is 2.68. The summed E-state index contributed by atoms with van der Waals surface area (Å²) in [6.45, 7) is 6.02. The first-order valence-electron chi connectivity index (χ1n) is 13.3. The summed E-state index contributed by atoms with van der Waals surface area (Å²) < 4.78 is 0. The van der Waals surface area contributed by atoms with Crippen LogP contribution in [0.4, 0.5) is 0 Å². The van der Waals surface area contributed by atoms with Crippen LogP contribution in [0.3, 0.4) is 0 Å². The maximum atomic E-state index is 13.2. The average molecular weight is 632 g/mol. The van der Waals surface area contributed by atoms with E-state index in [1.807, 2.05) is 0 Å². The molecule has 0 saturated carbocycles. The molecule has 1 aromatic carbocycles. The molecule has 12 nitrogen and oxygen atoms in total. The van der Waals surface area contributed by atoms with Crippen LogP contribution in [-0.4, -0.2) is 87.2 Å². The van der Waals surface area contributed by atoms with Crippen molar-refractivity contribution in [2.24, 2.45) is 4.99 Å². The first-order valence-corrected chi connectivity index (χ1v) is 14.0. The van der Waals surface area contributed by atoms with Crippen molar-refractivity contribution in [1.29, 1.82) is 5.26 Å². The number of carboxylic acids is 1. The lowest BCUT2D eigenvalue weighted by Crippen LogP contribution is -2.51. The fraction of sp³-hybridized carbons (Fsp3) is 0.345. The SMILES string of the molecule is C=C\C=C/C(O)=C(C)/C=C/C(=O)N1CCc2c(cc(Cl)c(C(=O)N[C@@H](CNC(=NC#N)N3CC[C@H](O)C3)C(=O)O)c2Cl)C1. The third-order valence-corrected chi connectivity index (χ3v) is 7.62. The smallest absolute Gasteiger partial charge is 0.328 e. The first-order chi connectivity index (χ1) is 20.5. The number of carboxylic acid groups (broad SMARTS) is 1. The maximum absolute atomic E-state index is 13.2. The van der Waals surface area contributed by atoms with Crippen LogP contribution in [-0.2, 0) is 22.6 Å². The van der Waals surface area contributed by atoms with E-state index in [0.717, 1.165) is 0 Å². The normalized spacial score (nSPS) is 18.2. The molecule has 0 spiro atoms. The molecule has 2 aliphatic heterocycles. The highest BCUT2D eigenvalue weighted by atomic mass is 35.5. The number of aliphatic hydroxyl groups is 2. The molecule has 0 radical (unpaired) electrons. The number of nitrogens with one attached hydrogen (secondary N) is 2. The van der Waals surface area contributed by atoms with Gasteiger partial charge in [-0.05, 0) is 48.6 Å². The number of guanidine groups is 1. The number of aliphatic imine (C=N–C) groups is 1. The van der Waals surface area contributed by atoms with Crippen molar-refractivity contribution in [3.05, 3.63) is 81.1 Å². The lowest BCUT2D eigenvalue weighted by Gasteiger charge is -2.30. The third-order valence-electron chi connectivity index (χ3n) is 6.90. The van der Waals surface area contributed by atoms with Crippen molar-refractivity contribution < 1.29 is 29.7 Å². The van der Waals surface area contributed by atoms with Gasteiger partial charge in [-0.15, -0.1) is 4.99 Å². The zero-order valence-electron chi connectivity index (χ0n) is 23.4. The summed E-state index contributed by atoms with van der Waals surface area (Å²) in [6.07, 6.45) is 9.25. The van der Waals surface area contributed by atoms with E-state index >= 15 is 0 Å². The summed E-state index contributed by atoms with van der Waals surface area (Å²) in [4.78, 5) is 44.8. The van der Waals surface area contributed by atoms with Crippen molar-refractivity contribution in [1.82, 2.24) is 20.4 Å². The van der Waals surface area contributed by atoms with Gasteiger partial charge in [-0.3, -0.25) is 9.59 Å². The van der Waals surface area contributed by atoms with Gasteiger partial charge in [0.25, 0.3) is 5.91 Å². The third kappa shape index (κ3) is 8.61. The van der Waals surface area contributed by atoms with Crippen LogP contribution >= 0.6 is 23.2 Å². The topological polar surface area (TPSA) is 179 Å². The van der Waals surface area contributed by atoms with Crippen molar-refractivity contribution in [2.45, 2.75) is 38.5 Å². The molecule has 1 aromatic rings. The molecular weight excluding hydrogens is 599 g/mol. The monoisotopic (exact) mass is 630 g/mol. The number of carbonyl (C=O) groups is 3. The van der Waals surface area contributed by atoms with Gasteiger partial charge in [-0.25, -0.2) is 4.79 Å². The minimum Gasteiger partial charge on any atom is -0.508 e. The van der Waals surface area contributed by atoms with Crippen molar-refractivity contribution in [2.75, 3.05) is 26.2 Å². The van der Waals surface area contributed by atoms with Crippen LogP contribution in [0.25, 0.3) is 0 Å². The van der Waals surface area contributed by atoms with E-state index in [0.29, 0.717) is 42.6 Å². The number of allylic oxidation sites excluding steroid dienone is 5. The lowest BCUT2D eigenvalue weighted by atomic mass is 9.96. The number of aliphatic hydroxyl groups excluding tert-OH is 2. The molecule has 2 aliphatic rings. The van der Waals surface area contributed by atoms with Gasteiger partial charge in [0.1, 0.15) is 11.8 Å². The van der Waals surface area contributed by atoms with E-state index in [9.17, 15) is 29.7 Å². The second-order valence-electron chi connectivity index (χ2n) is 9.86. The molecule has 1 saturated heterocycles. The van der Waals surface area contributed by atoms with Gasteiger partial charge < -0.3 is 35.8 Å². The summed E-state index contributed by atoms with van der Waals surface area (Å²) in [5.41, 5.74) is 1.66. The molecule has 228 valence electrons. The van der Waals surface area contributed by atoms with Crippen molar-refractivity contribution in [3.63, 3.8) is 0 Å². The molecule has 43 heavy (non-hydrogen) atoms. The van der Waals surface area contributed by atoms with Gasteiger partial charge in [-0.1, -0.05) is 48.0 Å². The van der Waals surface area contributed by atoms with Gasteiger partial charge in [0, 0.05) is 38.8 Å². The average Bonchev–Trinajstić information content (AvgIpc) is 3.41. The van der Waals surface area contributed by atoms with Gasteiger partial charge >= 0.3 is 5.97 Å². The van der Waals surface area contributed by atoms with Gasteiger partial charge in [0.15, 0.2) is 0 Å². The number of aliphatic carboxylic acids is 1. The number of nitriles is 1. The number of rotatable bonds is 9. The van der Waals surface area contributed by atoms with E-state index in [1.165, 1.54) is 30.4 Å². The molecule has 5 N–H and O–H groups in total. The Morgan fingerprint density at radius 3 is 2.60 bits per heavy atom. The van der Waals surface area contributed by atoms with Crippen LogP contribution in [0.2, 0.25) is 10.0 Å². The summed E-state index contributed by atoms with van der Waals surface area (Å²) in [7, 11) is 0. The largest absolute Gasteiger partial charge is 0.508 e. The molecule has 3 rings (SSSR count). The number of hydrogen-bond donors (Lipinski definition) is 5. The van der Waals surface area contributed by atoms with E-state index < -0.39 is 24.0 Å². The number of fused-ring (bicyclic) bond motifs is 1. The Labute approximate surface area is 258 Å². The Morgan fingerprint density at radius 1 is 1.23 bits per heavy atom. The Balaban J connectivity index is 1.72. The number of halogens is 2. The van der Waals surface area contributed by atoms with Crippen LogP contribution in [0.15, 0.2) is 59.4 Å². The zero-order valence-corrected chi connectivity index (χ0v) is 24.9. The van der Waals surface area contributed by atoms with Crippen molar-refractivity contribution in [3.8, 4) is 6.19 Å². The van der Waals surface area contributed by atoms with Crippen LogP contribution < -0.4 is 10.6 Å². The van der Waals surface area contributed by atoms with Crippen LogP contribution in [0, 0.1) is 11.5 Å². The van der Waals surface area contributed by atoms with Crippen molar-refractivity contribution >= 4 is 46.9 Å². The van der Waals surface area contributed by atoms with E-state index in [-0.39, 0.29) is 52.9 Å². The Kier molecular flexibility index (Phi) is 11.8. The number of hydrogen-bond acceptors (Lipinski definition) is 7. The van der Waals surface area contributed by atoms with Crippen LogP contribution in [0.5, 0.6) is 0 Å². The fourth-order valence-corrected chi connectivity index (χ4v) is 5.32. The van der Waals surface area contributed by atoms with Gasteiger partial charge in [-0.2, -0.15) is 5.26 Å². The summed E-state index contributed by atoms with van der Waals surface area (Å²) in [5, 5.41) is 43.7. The Morgan fingerprint density at radius 2 is 1.98 bits per heavy atom. The quantitative estimate of drug-likeness (QED) is 0.0685. The second-order valence-corrected chi connectivity index (χ2v) is 10.6. The molecular formula is C29H32Cl2N6O6. The number of amides is 2. The number of carbonyl (C=O) groups excluding carboxylic acids is 2. The number of β-amino-alcohol motifs (C(OH)–C–C–N with tert-alkyl or cyclic N) is 1. The molecule has 2 amide bonds. The number of benzene rings is 1. The Bertz CT molecular complexity index is 1450. The minimum absolute atomic E-state index is 0.000367. The Hall–Kier alpha value is -4.31. The van der Waals surface area contributed by atoms with E-state index in [2.05, 4.69) is 22.2 Å². The van der Waals surface area contributed by atoms with Gasteiger partial charge in [0.05, 0.1) is 21.7 Å². The zero-order chi connectivity index (χ0) is 31.7. The van der Waals surface area contributed by atoms with E-state index in [1.54, 1.807) is 29.0 Å². The lowest BCUT2D eigenvalue weighted by molar-refractivity contribution is -0.139. The number of likely N-dealkylation sites (tertiary alicyclic amines) is 1. The fourth-order valence-electron chi connectivity index (χ4n) is 4.55. The standard InChI is InChI=1S/C29H32Cl2N6O6/c1-3-4-5-23(39)17(2)6-7-24(40)36-11-9-20-18(14-36)12-21(30)25(26(20)31)27(41)35-22(28(42)43)13-33-29(34-16-32)37-10-8-19(38)15-37/h3-7,12,19,22,38-39H,1,8-11,13-15H2,2H3,(H,33,34)(H,35,41)(H,42,43)/b5-4-,7-6+,23-17-/t19-,22-/m0/s1. The van der Waals surface area contributed by atoms with Crippen LogP contribution in [0.1, 0.15) is 34.8 Å². The highest BCUT2D eigenvalue weighted by Crippen LogP contribution is 2.34. The molecule has 0 aliphatic carbocycles. The van der Waals surface area contributed by atoms with Gasteiger partial charge in [0.2, 0.25) is 18.1 Å². The predicted molar refractivity (Wildman–Crippen MR) is 162 cm³/mol. The molecule has 2 heterocycles.